The molecule has 2 aromatic carbocycles. The first-order valence-electron chi connectivity index (χ1n) is 5.78. The molecule has 0 heterocycles. The SMILES string of the molecule is NNC(=O)c1ccccc1COc1ccc(Br)cc1F. The Hall–Kier alpha value is -1.92. The van der Waals surface area contributed by atoms with Gasteiger partial charge in [-0.25, -0.2) is 10.2 Å². The molecule has 0 aliphatic carbocycles. The van der Waals surface area contributed by atoms with Gasteiger partial charge in [-0.05, 0) is 24.3 Å². The molecule has 104 valence electrons. The van der Waals surface area contributed by atoms with Crippen molar-refractivity contribution in [2.45, 2.75) is 6.61 Å². The summed E-state index contributed by atoms with van der Waals surface area (Å²) in [5.74, 6) is 4.35. The molecule has 3 N–H and O–H groups in total. The molecule has 0 spiro atoms. The number of halogens is 2. The number of hydrogen-bond acceptors (Lipinski definition) is 3. The van der Waals surface area contributed by atoms with Crippen molar-refractivity contribution in [1.29, 1.82) is 0 Å². The first-order valence-corrected chi connectivity index (χ1v) is 6.58. The highest BCUT2D eigenvalue weighted by atomic mass is 79.9. The molecule has 0 saturated heterocycles. The number of amides is 1. The normalized spacial score (nSPS) is 10.2. The second-order valence-electron chi connectivity index (χ2n) is 3.99. The van der Waals surface area contributed by atoms with E-state index in [4.69, 9.17) is 10.6 Å². The Morgan fingerprint density at radius 2 is 2.05 bits per heavy atom. The zero-order chi connectivity index (χ0) is 14.5. The van der Waals surface area contributed by atoms with Gasteiger partial charge in [-0.1, -0.05) is 34.1 Å². The lowest BCUT2D eigenvalue weighted by atomic mass is 10.1. The van der Waals surface area contributed by atoms with Crippen LogP contribution in [-0.4, -0.2) is 5.91 Å². The summed E-state index contributed by atoms with van der Waals surface area (Å²) in [5.41, 5.74) is 3.08. The van der Waals surface area contributed by atoms with Crippen LogP contribution in [0.15, 0.2) is 46.9 Å². The van der Waals surface area contributed by atoms with E-state index in [2.05, 4.69) is 21.4 Å². The minimum atomic E-state index is -0.472. The van der Waals surface area contributed by atoms with Crippen molar-refractivity contribution >= 4 is 21.8 Å². The second kappa shape index (κ2) is 6.49. The van der Waals surface area contributed by atoms with E-state index in [9.17, 15) is 9.18 Å². The number of nitrogen functional groups attached to an aromatic ring is 1. The van der Waals surface area contributed by atoms with E-state index < -0.39 is 11.7 Å². The fourth-order valence-corrected chi connectivity index (χ4v) is 2.03. The summed E-state index contributed by atoms with van der Waals surface area (Å²) >= 11 is 3.17. The van der Waals surface area contributed by atoms with Gasteiger partial charge < -0.3 is 4.74 Å². The third-order valence-corrected chi connectivity index (χ3v) is 3.16. The summed E-state index contributed by atoms with van der Waals surface area (Å²) in [7, 11) is 0. The van der Waals surface area contributed by atoms with Gasteiger partial charge in [-0.2, -0.15) is 0 Å². The maximum atomic E-state index is 13.6. The number of ether oxygens (including phenoxy) is 1. The predicted octanol–water partition coefficient (Wildman–Crippen LogP) is 2.77. The lowest BCUT2D eigenvalue weighted by molar-refractivity contribution is 0.0951. The monoisotopic (exact) mass is 338 g/mol. The molecule has 0 bridgehead atoms. The zero-order valence-electron chi connectivity index (χ0n) is 10.4. The van der Waals surface area contributed by atoms with Gasteiger partial charge in [0.05, 0.1) is 0 Å². The fourth-order valence-electron chi connectivity index (χ4n) is 1.69. The van der Waals surface area contributed by atoms with Crippen molar-refractivity contribution in [3.63, 3.8) is 0 Å². The van der Waals surface area contributed by atoms with Gasteiger partial charge in [0.1, 0.15) is 6.61 Å². The molecule has 6 heteroatoms. The standard InChI is InChI=1S/C14H12BrFN2O2/c15-10-5-6-13(12(16)7-10)20-8-9-3-1-2-4-11(9)14(19)18-17/h1-7H,8,17H2,(H,18,19). The highest BCUT2D eigenvalue weighted by Crippen LogP contribution is 2.22. The van der Waals surface area contributed by atoms with Crippen molar-refractivity contribution in [3.05, 3.63) is 63.9 Å². The van der Waals surface area contributed by atoms with Crippen molar-refractivity contribution in [1.82, 2.24) is 5.43 Å². The second-order valence-corrected chi connectivity index (χ2v) is 4.91. The summed E-state index contributed by atoms with van der Waals surface area (Å²) < 4.78 is 19.7. The molecule has 4 nitrogen and oxygen atoms in total. The van der Waals surface area contributed by atoms with Crippen molar-refractivity contribution in [2.24, 2.45) is 5.84 Å². The number of carbonyl (C=O) groups excluding carboxylic acids is 1. The Balaban J connectivity index is 2.17. The number of nitrogens with one attached hydrogen (secondary N) is 1. The molecule has 0 unspecified atom stereocenters. The Kier molecular flexibility index (Phi) is 4.70. The molecular formula is C14H12BrFN2O2. The number of rotatable bonds is 4. The van der Waals surface area contributed by atoms with Crippen LogP contribution < -0.4 is 16.0 Å². The number of hydrogen-bond donors (Lipinski definition) is 2. The lowest BCUT2D eigenvalue weighted by Crippen LogP contribution is -2.30. The van der Waals surface area contributed by atoms with Gasteiger partial charge in [0, 0.05) is 15.6 Å². The summed E-state index contributed by atoms with van der Waals surface area (Å²) in [6.45, 7) is 0.0716. The third-order valence-electron chi connectivity index (χ3n) is 2.67. The van der Waals surface area contributed by atoms with E-state index in [-0.39, 0.29) is 12.4 Å². The lowest BCUT2D eigenvalue weighted by Gasteiger charge is -2.10. The molecule has 2 rings (SSSR count). The molecule has 2 aromatic rings. The van der Waals surface area contributed by atoms with E-state index in [0.717, 1.165) is 0 Å². The fraction of sp³-hybridized carbons (Fsp3) is 0.0714. The van der Waals surface area contributed by atoms with Gasteiger partial charge in [0.15, 0.2) is 11.6 Å². The minimum Gasteiger partial charge on any atom is -0.486 e. The molecule has 0 fully saturated rings. The Morgan fingerprint density at radius 1 is 1.30 bits per heavy atom. The molecule has 0 aliphatic rings. The average Bonchev–Trinajstić information content (AvgIpc) is 2.46. The summed E-state index contributed by atoms with van der Waals surface area (Å²) in [6.07, 6.45) is 0. The van der Waals surface area contributed by atoms with Crippen LogP contribution in [0.4, 0.5) is 4.39 Å². The van der Waals surface area contributed by atoms with Crippen LogP contribution in [-0.2, 0) is 6.61 Å². The first-order chi connectivity index (χ1) is 9.61. The van der Waals surface area contributed by atoms with Crippen LogP contribution in [0.25, 0.3) is 0 Å². The number of benzene rings is 2. The molecule has 1 amide bonds. The Bertz CT molecular complexity index is 634. The van der Waals surface area contributed by atoms with Crippen LogP contribution in [0.2, 0.25) is 0 Å². The highest BCUT2D eigenvalue weighted by Gasteiger charge is 2.11. The topological polar surface area (TPSA) is 64.3 Å². The molecule has 0 radical (unpaired) electrons. The van der Waals surface area contributed by atoms with Gasteiger partial charge in [0.25, 0.3) is 5.91 Å². The molecule has 20 heavy (non-hydrogen) atoms. The van der Waals surface area contributed by atoms with Crippen molar-refractivity contribution in [2.75, 3.05) is 0 Å². The van der Waals surface area contributed by atoms with E-state index in [0.29, 0.717) is 15.6 Å². The van der Waals surface area contributed by atoms with Crippen molar-refractivity contribution in [3.8, 4) is 5.75 Å². The smallest absolute Gasteiger partial charge is 0.265 e. The molecule has 0 saturated carbocycles. The van der Waals surface area contributed by atoms with E-state index in [1.54, 1.807) is 30.3 Å². The third kappa shape index (κ3) is 3.34. The van der Waals surface area contributed by atoms with Gasteiger partial charge in [0.2, 0.25) is 0 Å². The largest absolute Gasteiger partial charge is 0.486 e. The van der Waals surface area contributed by atoms with Gasteiger partial charge in [-0.3, -0.25) is 10.2 Å². The van der Waals surface area contributed by atoms with Crippen molar-refractivity contribution < 1.29 is 13.9 Å². The maximum Gasteiger partial charge on any atom is 0.265 e. The first kappa shape index (κ1) is 14.5. The number of carbonyl (C=O) groups is 1. The van der Waals surface area contributed by atoms with Crippen LogP contribution in [0, 0.1) is 5.82 Å². The molecular weight excluding hydrogens is 327 g/mol. The highest BCUT2D eigenvalue weighted by molar-refractivity contribution is 9.10. The molecule has 0 atom stereocenters. The minimum absolute atomic E-state index is 0.0716. The zero-order valence-corrected chi connectivity index (χ0v) is 12.0. The van der Waals surface area contributed by atoms with Crippen LogP contribution in [0.1, 0.15) is 15.9 Å². The maximum absolute atomic E-state index is 13.6. The quantitative estimate of drug-likeness (QED) is 0.511. The van der Waals surface area contributed by atoms with E-state index in [1.807, 2.05) is 0 Å². The average molecular weight is 339 g/mol. The Morgan fingerprint density at radius 3 is 2.75 bits per heavy atom. The summed E-state index contributed by atoms with van der Waals surface area (Å²) in [6, 6.07) is 11.3. The Labute approximate surface area is 123 Å². The van der Waals surface area contributed by atoms with Crippen LogP contribution in [0.5, 0.6) is 5.75 Å². The van der Waals surface area contributed by atoms with E-state index >= 15 is 0 Å². The van der Waals surface area contributed by atoms with Gasteiger partial charge in [-0.15, -0.1) is 0 Å². The number of nitrogens with two attached hydrogens (primary N) is 1. The summed E-state index contributed by atoms with van der Waals surface area (Å²) in [5, 5.41) is 0. The predicted molar refractivity (Wildman–Crippen MR) is 76.5 cm³/mol. The summed E-state index contributed by atoms with van der Waals surface area (Å²) in [4.78, 5) is 11.6. The molecule has 0 aromatic heterocycles. The van der Waals surface area contributed by atoms with Crippen LogP contribution in [0.3, 0.4) is 0 Å². The number of hydrazine groups is 1. The molecule has 0 aliphatic heterocycles. The van der Waals surface area contributed by atoms with Gasteiger partial charge >= 0.3 is 0 Å². The van der Waals surface area contributed by atoms with E-state index in [1.165, 1.54) is 12.1 Å². The van der Waals surface area contributed by atoms with Crippen LogP contribution >= 0.6 is 15.9 Å².